The third-order valence-electron chi connectivity index (χ3n) is 4.71. The van der Waals surface area contributed by atoms with Crippen LogP contribution in [0.1, 0.15) is 104 Å². The molecule has 0 saturated carbocycles. The fourth-order valence-electron chi connectivity index (χ4n) is 3.13. The number of rotatable bonds is 17. The summed E-state index contributed by atoms with van der Waals surface area (Å²) in [6.45, 7) is 4.17. The van der Waals surface area contributed by atoms with E-state index >= 15 is 0 Å². The molecule has 0 aliphatic heterocycles. The summed E-state index contributed by atoms with van der Waals surface area (Å²) < 4.78 is 0. The van der Waals surface area contributed by atoms with Crippen LogP contribution >= 0.6 is 0 Å². The first kappa shape index (κ1) is 24.1. The number of unbranched alkanes of at least 4 members (excludes halogenated alkanes) is 10. The minimum atomic E-state index is -2.45. The predicted molar refractivity (Wildman–Crippen MR) is 99.3 cm³/mol. The number of hydrogen-bond acceptors (Lipinski definition) is 4. The van der Waals surface area contributed by atoms with Gasteiger partial charge in [0.2, 0.25) is 0 Å². The third kappa shape index (κ3) is 11.3. The smallest absolute Gasteiger partial charge is 0.319 e. The van der Waals surface area contributed by atoms with Crippen molar-refractivity contribution in [2.45, 2.75) is 110 Å². The largest absolute Gasteiger partial charge is 0.481 e. The van der Waals surface area contributed by atoms with Gasteiger partial charge in [-0.25, -0.2) is 0 Å². The van der Waals surface area contributed by atoms with Gasteiger partial charge in [-0.2, -0.15) is 0 Å². The lowest BCUT2D eigenvalue weighted by Crippen LogP contribution is -2.46. The lowest BCUT2D eigenvalue weighted by Gasteiger charge is -2.27. The normalized spacial score (nSPS) is 13.0. The molecule has 0 aliphatic carbocycles. The Morgan fingerprint density at radius 1 is 0.760 bits per heavy atom. The second-order valence-corrected chi connectivity index (χ2v) is 7.15. The quantitative estimate of drug-likeness (QED) is 0.203. The molecule has 0 aromatic heterocycles. The molecule has 0 aliphatic rings. The first-order valence-electron chi connectivity index (χ1n) is 10.1. The molecule has 0 saturated heterocycles. The van der Waals surface area contributed by atoms with Crippen LogP contribution in [0.2, 0.25) is 0 Å². The van der Waals surface area contributed by atoms with E-state index in [4.69, 9.17) is 0 Å². The molecule has 0 heterocycles. The Kier molecular flexibility index (Phi) is 13.7. The van der Waals surface area contributed by atoms with Gasteiger partial charge in [0.25, 0.3) is 0 Å². The molecule has 25 heavy (non-hydrogen) atoms. The van der Waals surface area contributed by atoms with Crippen molar-refractivity contribution in [1.29, 1.82) is 0 Å². The molecule has 0 spiro atoms. The highest BCUT2D eigenvalue weighted by molar-refractivity contribution is 5.99. The van der Waals surface area contributed by atoms with Crippen molar-refractivity contribution in [3.8, 4) is 0 Å². The zero-order valence-electron chi connectivity index (χ0n) is 16.1. The minimum absolute atomic E-state index is 0.0820. The molecule has 0 bridgehead atoms. The Balaban J connectivity index is 4.11. The minimum Gasteiger partial charge on any atom is -0.481 e. The number of carboxylic acid groups (broad SMARTS) is 1. The van der Waals surface area contributed by atoms with E-state index in [0.717, 1.165) is 32.1 Å². The molecule has 0 aromatic carbocycles. The average Bonchev–Trinajstić information content (AvgIpc) is 2.52. The van der Waals surface area contributed by atoms with E-state index in [1.165, 1.54) is 32.1 Å². The Bertz CT molecular complexity index is 365. The summed E-state index contributed by atoms with van der Waals surface area (Å²) in [7, 11) is 0. The van der Waals surface area contributed by atoms with E-state index in [1.54, 1.807) is 0 Å². The van der Waals surface area contributed by atoms with Gasteiger partial charge in [0.1, 0.15) is 0 Å². The second kappa shape index (κ2) is 14.3. The first-order chi connectivity index (χ1) is 11.9. The van der Waals surface area contributed by atoms with Crippen LogP contribution in [0.3, 0.4) is 0 Å². The number of Topliss-reactive ketones (excluding diaryl/α,β-unsaturated/α-hetero) is 1. The van der Waals surface area contributed by atoms with E-state index in [2.05, 4.69) is 6.92 Å². The molecule has 0 amide bonds. The summed E-state index contributed by atoms with van der Waals surface area (Å²) in [6.07, 6.45) is 12.1. The van der Waals surface area contributed by atoms with Gasteiger partial charge in [0, 0.05) is 12.8 Å². The van der Waals surface area contributed by atoms with Gasteiger partial charge in [-0.05, 0) is 12.8 Å². The molecule has 0 aromatic rings. The van der Waals surface area contributed by atoms with E-state index < -0.39 is 23.5 Å². The summed E-state index contributed by atoms with van der Waals surface area (Å²) in [6, 6.07) is 0. The van der Waals surface area contributed by atoms with Crippen molar-refractivity contribution >= 4 is 11.8 Å². The highest BCUT2D eigenvalue weighted by Gasteiger charge is 2.44. The van der Waals surface area contributed by atoms with Crippen LogP contribution in [0.15, 0.2) is 0 Å². The van der Waals surface area contributed by atoms with Gasteiger partial charge in [-0.15, -0.1) is 0 Å². The Hall–Kier alpha value is -0.940. The monoisotopic (exact) mass is 358 g/mol. The standard InChI is InChI=1S/C20H38O5/c1-3-5-7-8-9-10-11-12-13-15-17(21)18(19(22)23)20(24,25)16-14-6-4-2/h18,24-25H,3-16H2,1-2H3,(H,22,23). The summed E-state index contributed by atoms with van der Waals surface area (Å²) in [5.74, 6) is -6.20. The molecule has 1 atom stereocenters. The maximum absolute atomic E-state index is 12.2. The third-order valence-corrected chi connectivity index (χ3v) is 4.71. The van der Waals surface area contributed by atoms with Gasteiger partial charge < -0.3 is 15.3 Å². The molecular formula is C20H38O5. The molecule has 0 radical (unpaired) electrons. The second-order valence-electron chi connectivity index (χ2n) is 7.15. The number of carbonyl (C=O) groups excluding carboxylic acids is 1. The van der Waals surface area contributed by atoms with Crippen molar-refractivity contribution in [2.24, 2.45) is 5.92 Å². The topological polar surface area (TPSA) is 94.8 Å². The van der Waals surface area contributed by atoms with Crippen LogP contribution < -0.4 is 0 Å². The van der Waals surface area contributed by atoms with Crippen molar-refractivity contribution in [1.82, 2.24) is 0 Å². The Morgan fingerprint density at radius 2 is 1.20 bits per heavy atom. The molecule has 148 valence electrons. The zero-order valence-corrected chi connectivity index (χ0v) is 16.1. The molecule has 5 nitrogen and oxygen atoms in total. The fourth-order valence-corrected chi connectivity index (χ4v) is 3.13. The molecule has 5 heteroatoms. The van der Waals surface area contributed by atoms with Crippen LogP contribution in [-0.4, -0.2) is 32.9 Å². The van der Waals surface area contributed by atoms with Gasteiger partial charge in [-0.1, -0.05) is 78.1 Å². The Morgan fingerprint density at radius 3 is 1.68 bits per heavy atom. The number of carbonyl (C=O) groups is 2. The fraction of sp³-hybridized carbons (Fsp3) is 0.900. The van der Waals surface area contributed by atoms with Crippen LogP contribution in [0.5, 0.6) is 0 Å². The maximum Gasteiger partial charge on any atom is 0.319 e. The molecule has 3 N–H and O–H groups in total. The summed E-state index contributed by atoms with van der Waals surface area (Å²) in [4.78, 5) is 23.5. The van der Waals surface area contributed by atoms with Crippen LogP contribution in [0, 0.1) is 5.92 Å². The van der Waals surface area contributed by atoms with Crippen molar-refractivity contribution in [2.75, 3.05) is 0 Å². The van der Waals surface area contributed by atoms with Gasteiger partial charge in [-0.3, -0.25) is 9.59 Å². The highest BCUT2D eigenvalue weighted by Crippen LogP contribution is 2.25. The lowest BCUT2D eigenvalue weighted by atomic mass is 9.87. The summed E-state index contributed by atoms with van der Waals surface area (Å²) in [5, 5.41) is 29.3. The highest BCUT2D eigenvalue weighted by atomic mass is 16.5. The van der Waals surface area contributed by atoms with Crippen molar-refractivity contribution < 1.29 is 24.9 Å². The number of ketones is 1. The first-order valence-corrected chi connectivity index (χ1v) is 10.1. The van der Waals surface area contributed by atoms with E-state index in [0.29, 0.717) is 12.8 Å². The maximum atomic E-state index is 12.2. The van der Waals surface area contributed by atoms with Crippen LogP contribution in [0.25, 0.3) is 0 Å². The van der Waals surface area contributed by atoms with E-state index in [1.807, 2.05) is 6.92 Å². The number of carboxylic acids is 1. The average molecular weight is 359 g/mol. The van der Waals surface area contributed by atoms with Crippen LogP contribution in [-0.2, 0) is 9.59 Å². The number of aliphatic carboxylic acids is 1. The lowest BCUT2D eigenvalue weighted by molar-refractivity contribution is -0.212. The van der Waals surface area contributed by atoms with Crippen molar-refractivity contribution in [3.63, 3.8) is 0 Å². The van der Waals surface area contributed by atoms with Crippen molar-refractivity contribution in [3.05, 3.63) is 0 Å². The molecule has 1 unspecified atom stereocenters. The molecular weight excluding hydrogens is 320 g/mol. The number of aliphatic hydroxyl groups is 2. The summed E-state index contributed by atoms with van der Waals surface area (Å²) in [5.41, 5.74) is 0. The van der Waals surface area contributed by atoms with Crippen LogP contribution in [0.4, 0.5) is 0 Å². The molecule has 0 rings (SSSR count). The Labute approximate surface area is 152 Å². The zero-order chi connectivity index (χ0) is 19.1. The number of hydrogen-bond donors (Lipinski definition) is 3. The predicted octanol–water partition coefficient (Wildman–Crippen LogP) is 4.44. The van der Waals surface area contributed by atoms with Gasteiger partial charge in [0.15, 0.2) is 17.5 Å². The van der Waals surface area contributed by atoms with E-state index in [9.17, 15) is 24.9 Å². The SMILES string of the molecule is CCCCCCCCCCCC(=O)C(C(=O)O)C(O)(O)CCCCC. The summed E-state index contributed by atoms with van der Waals surface area (Å²) >= 11 is 0. The van der Waals surface area contributed by atoms with Gasteiger partial charge >= 0.3 is 5.97 Å². The molecule has 0 fully saturated rings. The van der Waals surface area contributed by atoms with Gasteiger partial charge in [0.05, 0.1) is 0 Å². The van der Waals surface area contributed by atoms with E-state index in [-0.39, 0.29) is 12.8 Å².